The van der Waals surface area contributed by atoms with E-state index in [1.54, 1.807) is 65.0 Å². The van der Waals surface area contributed by atoms with Crippen LogP contribution in [0.5, 0.6) is 0 Å². The van der Waals surface area contributed by atoms with Crippen LogP contribution in [0.25, 0.3) is 27.7 Å². The van der Waals surface area contributed by atoms with E-state index in [-0.39, 0.29) is 17.2 Å². The number of aromatic carboxylic acids is 1. The lowest BCUT2D eigenvalue weighted by Gasteiger charge is -2.21. The van der Waals surface area contributed by atoms with E-state index in [1.807, 2.05) is 44.3 Å². The molecule has 0 aliphatic rings. The Labute approximate surface area is 219 Å². The van der Waals surface area contributed by atoms with E-state index in [0.29, 0.717) is 22.3 Å². The number of nitrogens with zero attached hydrogens (tertiary/aromatic N) is 4. The second-order valence-corrected chi connectivity index (χ2v) is 9.26. The second kappa shape index (κ2) is 9.71. The Bertz CT molecular complexity index is 1810. The number of carboxylic acid groups (broad SMARTS) is 1. The molecule has 8 heteroatoms. The molecule has 0 fully saturated rings. The number of nitriles is 1. The first-order valence-electron chi connectivity index (χ1n) is 12.1. The number of nitrogens with one attached hydrogen (secondary N) is 1. The van der Waals surface area contributed by atoms with Crippen molar-refractivity contribution in [2.75, 3.05) is 5.32 Å². The summed E-state index contributed by atoms with van der Waals surface area (Å²) < 4.78 is 3.28. The summed E-state index contributed by atoms with van der Waals surface area (Å²) in [6.45, 7) is 3.89. The number of hydrogen-bond donors (Lipinski definition) is 2. The zero-order valence-corrected chi connectivity index (χ0v) is 21.1. The fourth-order valence-electron chi connectivity index (χ4n) is 4.74. The third-order valence-corrected chi connectivity index (χ3v) is 6.65. The number of fused-ring (bicyclic) bond motifs is 1. The van der Waals surface area contributed by atoms with Crippen LogP contribution < -0.4 is 10.9 Å². The van der Waals surface area contributed by atoms with Gasteiger partial charge in [0.1, 0.15) is 0 Å². The zero-order valence-electron chi connectivity index (χ0n) is 21.1. The number of pyridine rings is 1. The van der Waals surface area contributed by atoms with Crippen molar-refractivity contribution in [2.24, 2.45) is 7.05 Å². The quantitative estimate of drug-likeness (QED) is 0.319. The van der Waals surface area contributed by atoms with Crippen molar-refractivity contribution in [2.45, 2.75) is 19.9 Å². The fraction of sp³-hybridized carbons (Fsp3) is 0.133. The summed E-state index contributed by atoms with van der Waals surface area (Å²) in [5, 5.41) is 28.0. The lowest BCUT2D eigenvalue weighted by atomic mass is 9.96. The van der Waals surface area contributed by atoms with E-state index in [1.165, 1.54) is 0 Å². The molecular weight excluding hydrogens is 478 g/mol. The minimum Gasteiger partial charge on any atom is -0.478 e. The smallest absolute Gasteiger partial charge is 0.337 e. The summed E-state index contributed by atoms with van der Waals surface area (Å²) in [5.74, 6) is -1.01. The number of para-hydroxylation sites is 1. The number of carboxylic acids is 1. The third-order valence-electron chi connectivity index (χ3n) is 6.65. The Balaban J connectivity index is 1.62. The van der Waals surface area contributed by atoms with E-state index >= 15 is 0 Å². The minimum atomic E-state index is -1.01. The molecule has 188 valence electrons. The van der Waals surface area contributed by atoms with Crippen LogP contribution in [0, 0.1) is 18.3 Å². The third kappa shape index (κ3) is 4.42. The van der Waals surface area contributed by atoms with Crippen LogP contribution >= 0.6 is 0 Å². The van der Waals surface area contributed by atoms with E-state index in [4.69, 9.17) is 0 Å². The highest BCUT2D eigenvalue weighted by Gasteiger charge is 2.18. The lowest BCUT2D eigenvalue weighted by molar-refractivity contribution is 0.0698. The number of rotatable bonds is 6. The maximum atomic E-state index is 13.5. The van der Waals surface area contributed by atoms with Crippen molar-refractivity contribution >= 4 is 22.4 Å². The topological polar surface area (TPSA) is 113 Å². The van der Waals surface area contributed by atoms with E-state index in [2.05, 4.69) is 16.5 Å². The standard InChI is InChI=1S/C30H25N5O3/c1-18-11-24(19(2)33-27-10-5-4-9-23(27)30(37)38)25-14-28(34(3)29(36)26(25)12-18)21-16-32-35(17-21)22-8-6-7-20(13-22)15-31/h4-14,16-17,19,33H,1-3H3,(H,37,38). The van der Waals surface area contributed by atoms with Crippen molar-refractivity contribution in [3.63, 3.8) is 0 Å². The molecule has 0 radical (unpaired) electrons. The van der Waals surface area contributed by atoms with Gasteiger partial charge in [-0.3, -0.25) is 4.79 Å². The van der Waals surface area contributed by atoms with Gasteiger partial charge in [0, 0.05) is 35.9 Å². The zero-order chi connectivity index (χ0) is 27.0. The molecule has 8 nitrogen and oxygen atoms in total. The first-order chi connectivity index (χ1) is 18.3. The molecule has 5 rings (SSSR count). The Morgan fingerprint density at radius 3 is 2.63 bits per heavy atom. The van der Waals surface area contributed by atoms with Crippen LogP contribution in [0.4, 0.5) is 5.69 Å². The maximum Gasteiger partial charge on any atom is 0.337 e. The van der Waals surface area contributed by atoms with Crippen LogP contribution in [-0.2, 0) is 7.05 Å². The highest BCUT2D eigenvalue weighted by Crippen LogP contribution is 2.31. The first-order valence-corrected chi connectivity index (χ1v) is 12.1. The van der Waals surface area contributed by atoms with Gasteiger partial charge < -0.3 is 15.0 Å². The summed E-state index contributed by atoms with van der Waals surface area (Å²) in [6.07, 6.45) is 3.52. The molecule has 2 aromatic heterocycles. The Hall–Kier alpha value is -5.16. The summed E-state index contributed by atoms with van der Waals surface area (Å²) in [5.41, 5.74) is 5.07. The molecule has 1 unspecified atom stereocenters. The average molecular weight is 504 g/mol. The van der Waals surface area contributed by atoms with Crippen LogP contribution in [0.15, 0.2) is 83.9 Å². The predicted molar refractivity (Wildman–Crippen MR) is 147 cm³/mol. The highest BCUT2D eigenvalue weighted by molar-refractivity contribution is 5.94. The van der Waals surface area contributed by atoms with Gasteiger partial charge >= 0.3 is 5.97 Å². The molecule has 0 aliphatic carbocycles. The Morgan fingerprint density at radius 2 is 1.87 bits per heavy atom. The van der Waals surface area contributed by atoms with Gasteiger partial charge in [0.2, 0.25) is 0 Å². The van der Waals surface area contributed by atoms with Gasteiger partial charge in [-0.1, -0.05) is 24.3 Å². The number of anilines is 1. The monoisotopic (exact) mass is 503 g/mol. The molecule has 38 heavy (non-hydrogen) atoms. The second-order valence-electron chi connectivity index (χ2n) is 9.26. The number of aryl methyl sites for hydroxylation is 1. The molecule has 0 saturated heterocycles. The van der Waals surface area contributed by atoms with Crippen LogP contribution in [0.2, 0.25) is 0 Å². The minimum absolute atomic E-state index is 0.139. The molecule has 2 heterocycles. The van der Waals surface area contributed by atoms with Crippen molar-refractivity contribution in [1.82, 2.24) is 14.3 Å². The van der Waals surface area contributed by atoms with Gasteiger partial charge in [0.25, 0.3) is 5.56 Å². The molecule has 0 bridgehead atoms. The fourth-order valence-corrected chi connectivity index (χ4v) is 4.74. The molecule has 5 aromatic rings. The van der Waals surface area contributed by atoms with Crippen LogP contribution in [0.3, 0.4) is 0 Å². The largest absolute Gasteiger partial charge is 0.478 e. The summed E-state index contributed by atoms with van der Waals surface area (Å²) in [4.78, 5) is 25.2. The normalized spacial score (nSPS) is 11.7. The van der Waals surface area contributed by atoms with Crippen molar-refractivity contribution in [3.05, 3.63) is 112 Å². The predicted octanol–water partition coefficient (Wildman–Crippen LogP) is 5.44. The lowest BCUT2D eigenvalue weighted by Crippen LogP contribution is -2.20. The molecule has 0 aliphatic heterocycles. The summed E-state index contributed by atoms with van der Waals surface area (Å²) >= 11 is 0. The Kier molecular flexibility index (Phi) is 6.27. The van der Waals surface area contributed by atoms with E-state index in [9.17, 15) is 20.0 Å². The van der Waals surface area contributed by atoms with Gasteiger partial charge in [-0.2, -0.15) is 10.4 Å². The van der Waals surface area contributed by atoms with Crippen LogP contribution in [0.1, 0.15) is 40.0 Å². The molecule has 0 amide bonds. The van der Waals surface area contributed by atoms with Gasteiger partial charge in [-0.25, -0.2) is 9.48 Å². The number of aromatic nitrogens is 3. The average Bonchev–Trinajstić information content (AvgIpc) is 3.41. The van der Waals surface area contributed by atoms with Gasteiger partial charge in [0.05, 0.1) is 34.8 Å². The molecule has 0 spiro atoms. The summed E-state index contributed by atoms with van der Waals surface area (Å²) in [7, 11) is 1.73. The molecule has 2 N–H and O–H groups in total. The molecule has 3 aromatic carbocycles. The van der Waals surface area contributed by atoms with E-state index in [0.717, 1.165) is 27.8 Å². The molecule has 0 saturated carbocycles. The number of benzene rings is 3. The molecular formula is C30H25N5O3. The van der Waals surface area contributed by atoms with Crippen molar-refractivity contribution in [3.8, 4) is 23.0 Å². The SMILES string of the molecule is Cc1cc(C(C)Nc2ccccc2C(=O)O)c2cc(-c3cnn(-c4cccc(C#N)c4)c3)n(C)c(=O)c2c1. The van der Waals surface area contributed by atoms with Gasteiger partial charge in [-0.15, -0.1) is 0 Å². The van der Waals surface area contributed by atoms with Gasteiger partial charge in [0.15, 0.2) is 0 Å². The van der Waals surface area contributed by atoms with Crippen molar-refractivity contribution in [1.29, 1.82) is 5.26 Å². The number of hydrogen-bond acceptors (Lipinski definition) is 5. The molecule has 1 atom stereocenters. The van der Waals surface area contributed by atoms with E-state index < -0.39 is 5.97 Å². The van der Waals surface area contributed by atoms with Gasteiger partial charge in [-0.05, 0) is 72.8 Å². The maximum absolute atomic E-state index is 13.5. The highest BCUT2D eigenvalue weighted by atomic mass is 16.4. The number of carbonyl (C=O) groups is 1. The van der Waals surface area contributed by atoms with Crippen LogP contribution in [-0.4, -0.2) is 25.4 Å². The first kappa shape index (κ1) is 24.5. The Morgan fingerprint density at radius 1 is 1.08 bits per heavy atom. The van der Waals surface area contributed by atoms with Crippen molar-refractivity contribution < 1.29 is 9.90 Å². The summed E-state index contributed by atoms with van der Waals surface area (Å²) in [6, 6.07) is 21.6.